The number of aromatic nitrogens is 3. The molecule has 2 heterocycles. The molecule has 2 aromatic carbocycles. The summed E-state index contributed by atoms with van der Waals surface area (Å²) in [5.41, 5.74) is 16.6. The van der Waals surface area contributed by atoms with Crippen molar-refractivity contribution >= 4 is 11.0 Å². The summed E-state index contributed by atoms with van der Waals surface area (Å²) in [5.74, 6) is 0. The van der Waals surface area contributed by atoms with E-state index in [2.05, 4.69) is 22.1 Å². The fourth-order valence-electron chi connectivity index (χ4n) is 3.33. The van der Waals surface area contributed by atoms with E-state index in [1.54, 1.807) is 4.57 Å². The Kier molecular flexibility index (Phi) is 5.06. The maximum atomic E-state index is 12.5. The molecule has 0 atom stereocenters. The van der Waals surface area contributed by atoms with Gasteiger partial charge in [0.2, 0.25) is 0 Å². The van der Waals surface area contributed by atoms with Crippen LogP contribution in [0.2, 0.25) is 0 Å². The van der Waals surface area contributed by atoms with Crippen molar-refractivity contribution in [3.8, 4) is 16.9 Å². The SMILES string of the molecule is NCCCc1cccc(-c2cc3cn(-c4ccc(CN)cc4)c(=O)nc3[nH]2)c1. The van der Waals surface area contributed by atoms with Gasteiger partial charge in [0.25, 0.3) is 0 Å². The van der Waals surface area contributed by atoms with E-state index in [1.165, 1.54) is 5.56 Å². The number of hydrogen-bond donors (Lipinski definition) is 3. The normalized spacial score (nSPS) is 11.2. The second-order valence-electron chi connectivity index (χ2n) is 6.84. The van der Waals surface area contributed by atoms with Crippen LogP contribution in [0.3, 0.4) is 0 Å². The van der Waals surface area contributed by atoms with Crippen LogP contribution in [0.4, 0.5) is 0 Å². The molecule has 0 amide bonds. The quantitative estimate of drug-likeness (QED) is 0.483. The number of aromatic amines is 1. The zero-order valence-corrected chi connectivity index (χ0v) is 15.6. The summed E-state index contributed by atoms with van der Waals surface area (Å²) in [5, 5.41) is 0.880. The summed E-state index contributed by atoms with van der Waals surface area (Å²) in [4.78, 5) is 20.0. The van der Waals surface area contributed by atoms with Gasteiger partial charge >= 0.3 is 5.69 Å². The first-order valence-electron chi connectivity index (χ1n) is 9.39. The highest BCUT2D eigenvalue weighted by molar-refractivity contribution is 5.82. The van der Waals surface area contributed by atoms with Gasteiger partial charge < -0.3 is 16.5 Å². The van der Waals surface area contributed by atoms with E-state index in [-0.39, 0.29) is 5.69 Å². The van der Waals surface area contributed by atoms with Crippen LogP contribution in [0, 0.1) is 0 Å². The van der Waals surface area contributed by atoms with Crippen LogP contribution in [-0.2, 0) is 13.0 Å². The highest BCUT2D eigenvalue weighted by atomic mass is 16.1. The Bertz CT molecular complexity index is 1160. The van der Waals surface area contributed by atoms with Gasteiger partial charge in [0, 0.05) is 23.8 Å². The van der Waals surface area contributed by atoms with Crippen molar-refractivity contribution in [1.82, 2.24) is 14.5 Å². The van der Waals surface area contributed by atoms with Gasteiger partial charge in [0.15, 0.2) is 0 Å². The van der Waals surface area contributed by atoms with Crippen molar-refractivity contribution in [1.29, 1.82) is 0 Å². The molecule has 0 aliphatic heterocycles. The van der Waals surface area contributed by atoms with Crippen LogP contribution in [0.5, 0.6) is 0 Å². The van der Waals surface area contributed by atoms with Gasteiger partial charge in [-0.3, -0.25) is 4.57 Å². The van der Waals surface area contributed by atoms with Gasteiger partial charge in [0.1, 0.15) is 5.65 Å². The van der Waals surface area contributed by atoms with Crippen LogP contribution in [0.15, 0.2) is 65.6 Å². The second-order valence-corrected chi connectivity index (χ2v) is 6.84. The molecule has 5 N–H and O–H groups in total. The molecule has 0 fully saturated rings. The van der Waals surface area contributed by atoms with E-state index in [0.29, 0.717) is 18.7 Å². The Balaban J connectivity index is 1.72. The van der Waals surface area contributed by atoms with Gasteiger partial charge in [-0.15, -0.1) is 0 Å². The molecular formula is C22H23N5O. The Morgan fingerprint density at radius 3 is 2.57 bits per heavy atom. The zero-order chi connectivity index (χ0) is 19.5. The van der Waals surface area contributed by atoms with Gasteiger partial charge in [-0.25, -0.2) is 4.79 Å². The Morgan fingerprint density at radius 2 is 1.82 bits per heavy atom. The third kappa shape index (κ3) is 3.60. The zero-order valence-electron chi connectivity index (χ0n) is 15.6. The van der Waals surface area contributed by atoms with Gasteiger partial charge in [-0.2, -0.15) is 4.98 Å². The maximum Gasteiger partial charge on any atom is 0.354 e. The summed E-state index contributed by atoms with van der Waals surface area (Å²) in [6.45, 7) is 1.15. The third-order valence-electron chi connectivity index (χ3n) is 4.87. The molecule has 0 radical (unpaired) electrons. The Hall–Kier alpha value is -3.22. The molecule has 0 aliphatic rings. The lowest BCUT2D eigenvalue weighted by Gasteiger charge is -2.05. The number of benzene rings is 2. The number of nitrogens with two attached hydrogens (primary N) is 2. The van der Waals surface area contributed by atoms with Crippen LogP contribution < -0.4 is 17.2 Å². The molecule has 0 bridgehead atoms. The standard InChI is InChI=1S/C22H23N5O/c23-10-2-4-15-3-1-5-17(11-15)20-12-18-14-27(22(28)26-21(18)25-20)19-8-6-16(13-24)7-9-19/h1,3,5-9,11-12,14H,2,4,10,13,23-24H2,(H,25,26,28). The smallest absolute Gasteiger partial charge is 0.339 e. The Labute approximate surface area is 162 Å². The first-order valence-corrected chi connectivity index (χ1v) is 9.39. The minimum absolute atomic E-state index is 0.321. The summed E-state index contributed by atoms with van der Waals surface area (Å²) < 4.78 is 1.55. The molecule has 28 heavy (non-hydrogen) atoms. The second kappa shape index (κ2) is 7.80. The van der Waals surface area contributed by atoms with E-state index in [1.807, 2.05) is 48.7 Å². The summed E-state index contributed by atoms with van der Waals surface area (Å²) in [7, 11) is 0. The summed E-state index contributed by atoms with van der Waals surface area (Å²) >= 11 is 0. The van der Waals surface area contributed by atoms with Crippen molar-refractivity contribution in [2.24, 2.45) is 11.5 Å². The number of rotatable bonds is 6. The van der Waals surface area contributed by atoms with Crippen molar-refractivity contribution in [2.75, 3.05) is 6.54 Å². The first kappa shape index (κ1) is 18.2. The molecule has 2 aromatic heterocycles. The lowest BCUT2D eigenvalue weighted by molar-refractivity contribution is 0.833. The molecule has 6 heteroatoms. The summed E-state index contributed by atoms with van der Waals surface area (Å²) in [6.07, 6.45) is 3.73. The predicted octanol–water partition coefficient (Wildman–Crippen LogP) is 2.73. The first-order chi connectivity index (χ1) is 13.7. The molecule has 4 aromatic rings. The number of nitrogens with zero attached hydrogens (tertiary/aromatic N) is 2. The maximum absolute atomic E-state index is 12.5. The van der Waals surface area contributed by atoms with Crippen molar-refractivity contribution in [3.05, 3.63) is 82.4 Å². The fourth-order valence-corrected chi connectivity index (χ4v) is 3.33. The third-order valence-corrected chi connectivity index (χ3v) is 4.87. The average Bonchev–Trinajstić information content (AvgIpc) is 3.15. The van der Waals surface area contributed by atoms with E-state index < -0.39 is 0 Å². The predicted molar refractivity (Wildman–Crippen MR) is 112 cm³/mol. The minimum Gasteiger partial charge on any atom is -0.339 e. The number of fused-ring (bicyclic) bond motifs is 1. The van der Waals surface area contributed by atoms with Crippen LogP contribution in [-0.4, -0.2) is 21.1 Å². The number of nitrogens with one attached hydrogen (secondary N) is 1. The summed E-state index contributed by atoms with van der Waals surface area (Å²) in [6, 6.07) is 18.0. The molecule has 0 spiro atoms. The van der Waals surface area contributed by atoms with Gasteiger partial charge in [0.05, 0.1) is 5.69 Å². The molecule has 6 nitrogen and oxygen atoms in total. The largest absolute Gasteiger partial charge is 0.354 e. The number of aryl methyl sites for hydroxylation is 1. The van der Waals surface area contributed by atoms with Gasteiger partial charge in [-0.1, -0.05) is 30.3 Å². The molecule has 0 saturated heterocycles. The van der Waals surface area contributed by atoms with Crippen LogP contribution in [0.25, 0.3) is 28.0 Å². The number of hydrogen-bond acceptors (Lipinski definition) is 4. The van der Waals surface area contributed by atoms with Crippen LogP contribution in [0.1, 0.15) is 17.5 Å². The van der Waals surface area contributed by atoms with Crippen molar-refractivity contribution in [2.45, 2.75) is 19.4 Å². The molecule has 0 aliphatic carbocycles. The minimum atomic E-state index is -0.321. The van der Waals surface area contributed by atoms with E-state index in [4.69, 9.17) is 11.5 Å². The lowest BCUT2D eigenvalue weighted by Crippen LogP contribution is -2.20. The lowest BCUT2D eigenvalue weighted by atomic mass is 10.0. The molecule has 0 unspecified atom stereocenters. The highest BCUT2D eigenvalue weighted by Gasteiger charge is 2.09. The monoisotopic (exact) mass is 373 g/mol. The van der Waals surface area contributed by atoms with Gasteiger partial charge in [-0.05, 0) is 60.3 Å². The fraction of sp³-hybridized carbons (Fsp3) is 0.182. The molecular weight excluding hydrogens is 350 g/mol. The molecule has 0 saturated carbocycles. The van der Waals surface area contributed by atoms with Crippen molar-refractivity contribution in [3.63, 3.8) is 0 Å². The average molecular weight is 373 g/mol. The Morgan fingerprint density at radius 1 is 1.00 bits per heavy atom. The van der Waals surface area contributed by atoms with E-state index in [9.17, 15) is 4.79 Å². The van der Waals surface area contributed by atoms with Crippen molar-refractivity contribution < 1.29 is 0 Å². The topological polar surface area (TPSA) is 103 Å². The van der Waals surface area contributed by atoms with E-state index >= 15 is 0 Å². The van der Waals surface area contributed by atoms with Crippen LogP contribution >= 0.6 is 0 Å². The highest BCUT2D eigenvalue weighted by Crippen LogP contribution is 2.24. The molecule has 4 rings (SSSR count). The molecule has 142 valence electrons. The van der Waals surface area contributed by atoms with E-state index in [0.717, 1.165) is 40.7 Å². The number of H-pyrrole nitrogens is 1.